The highest BCUT2D eigenvalue weighted by atomic mass is 32.1. The summed E-state index contributed by atoms with van der Waals surface area (Å²) in [5, 5.41) is 1.36. The van der Waals surface area contributed by atoms with Crippen LogP contribution in [-0.4, -0.2) is 47.8 Å². The van der Waals surface area contributed by atoms with Gasteiger partial charge in [-0.15, -0.1) is 0 Å². The monoisotopic (exact) mass is 347 g/mol. The standard InChI is InChI=1S/C17H21N3O3S/c1-17(2,3)23-16(22)20-10-8-19(9-11-20)15-18-14(21)12-6-4-5-7-13(12)24-15/h4-7H,8-11H2,1-3H3. The van der Waals surface area contributed by atoms with E-state index in [2.05, 4.69) is 9.88 Å². The minimum Gasteiger partial charge on any atom is -0.444 e. The number of benzene rings is 1. The second-order valence-electron chi connectivity index (χ2n) is 6.75. The van der Waals surface area contributed by atoms with Gasteiger partial charge in [0.1, 0.15) is 5.60 Å². The van der Waals surface area contributed by atoms with Gasteiger partial charge in [-0.2, -0.15) is 4.98 Å². The summed E-state index contributed by atoms with van der Waals surface area (Å²) in [7, 11) is 0. The highest BCUT2D eigenvalue weighted by Crippen LogP contribution is 2.24. The lowest BCUT2D eigenvalue weighted by Gasteiger charge is -2.35. The quantitative estimate of drug-likeness (QED) is 0.794. The van der Waals surface area contributed by atoms with Gasteiger partial charge in [-0.1, -0.05) is 23.5 Å². The average molecular weight is 347 g/mol. The number of nitrogens with zero attached hydrogens (tertiary/aromatic N) is 3. The Bertz CT molecular complexity index is 805. The van der Waals surface area contributed by atoms with Crippen molar-refractivity contribution in [3.63, 3.8) is 0 Å². The lowest BCUT2D eigenvalue weighted by Crippen LogP contribution is -2.50. The van der Waals surface area contributed by atoms with Crippen molar-refractivity contribution >= 4 is 32.6 Å². The maximum absolute atomic E-state index is 12.2. The number of piperazine rings is 1. The molecule has 1 amide bonds. The smallest absolute Gasteiger partial charge is 0.410 e. The van der Waals surface area contributed by atoms with E-state index in [9.17, 15) is 9.59 Å². The fourth-order valence-corrected chi connectivity index (χ4v) is 3.59. The van der Waals surface area contributed by atoms with Crippen LogP contribution in [0.1, 0.15) is 20.8 Å². The molecule has 2 heterocycles. The Kier molecular flexibility index (Phi) is 4.45. The van der Waals surface area contributed by atoms with E-state index in [1.54, 1.807) is 11.0 Å². The van der Waals surface area contributed by atoms with Crippen LogP contribution in [0.25, 0.3) is 10.1 Å². The third-order valence-corrected chi connectivity index (χ3v) is 4.83. The minimum atomic E-state index is -0.492. The molecule has 6 nitrogen and oxygen atoms in total. The largest absolute Gasteiger partial charge is 0.444 e. The van der Waals surface area contributed by atoms with Gasteiger partial charge in [-0.25, -0.2) is 4.79 Å². The zero-order chi connectivity index (χ0) is 17.3. The topological polar surface area (TPSA) is 62.7 Å². The van der Waals surface area contributed by atoms with Crippen LogP contribution in [-0.2, 0) is 4.74 Å². The van der Waals surface area contributed by atoms with Crippen molar-refractivity contribution in [3.8, 4) is 0 Å². The molecule has 24 heavy (non-hydrogen) atoms. The maximum Gasteiger partial charge on any atom is 0.410 e. The number of carbonyl (C=O) groups excluding carboxylic acids is 1. The number of anilines is 1. The van der Waals surface area contributed by atoms with Gasteiger partial charge in [-0.3, -0.25) is 4.79 Å². The van der Waals surface area contributed by atoms with E-state index in [0.717, 1.165) is 4.70 Å². The van der Waals surface area contributed by atoms with E-state index < -0.39 is 5.60 Å². The van der Waals surface area contributed by atoms with Gasteiger partial charge < -0.3 is 14.5 Å². The van der Waals surface area contributed by atoms with Gasteiger partial charge in [-0.05, 0) is 32.9 Å². The summed E-state index contributed by atoms with van der Waals surface area (Å²) in [6.07, 6.45) is -0.290. The number of rotatable bonds is 1. The first-order valence-corrected chi connectivity index (χ1v) is 8.78. The van der Waals surface area contributed by atoms with E-state index in [0.29, 0.717) is 36.7 Å². The Labute approximate surface area is 144 Å². The lowest BCUT2D eigenvalue weighted by molar-refractivity contribution is 0.0240. The molecule has 0 spiro atoms. The Morgan fingerprint density at radius 1 is 1.17 bits per heavy atom. The number of ether oxygens (including phenoxy) is 1. The predicted octanol–water partition coefficient (Wildman–Crippen LogP) is 2.71. The molecule has 7 heteroatoms. The number of aromatic nitrogens is 1. The highest BCUT2D eigenvalue weighted by Gasteiger charge is 2.26. The summed E-state index contributed by atoms with van der Waals surface area (Å²) < 4.78 is 6.33. The van der Waals surface area contributed by atoms with E-state index >= 15 is 0 Å². The number of hydrogen-bond donors (Lipinski definition) is 0. The molecule has 0 aliphatic carbocycles. The van der Waals surface area contributed by atoms with Crippen LogP contribution < -0.4 is 10.5 Å². The van der Waals surface area contributed by atoms with Crippen molar-refractivity contribution in [2.75, 3.05) is 31.1 Å². The summed E-state index contributed by atoms with van der Waals surface area (Å²) in [5.41, 5.74) is -0.692. The molecule has 1 saturated heterocycles. The summed E-state index contributed by atoms with van der Waals surface area (Å²) >= 11 is 1.51. The lowest BCUT2D eigenvalue weighted by atomic mass is 10.2. The molecule has 0 radical (unpaired) electrons. The number of hydrogen-bond acceptors (Lipinski definition) is 6. The molecule has 1 aromatic heterocycles. The Balaban J connectivity index is 1.71. The molecule has 0 unspecified atom stereocenters. The first kappa shape index (κ1) is 16.7. The van der Waals surface area contributed by atoms with Crippen molar-refractivity contribution < 1.29 is 9.53 Å². The zero-order valence-corrected chi connectivity index (χ0v) is 14.9. The fraction of sp³-hybridized carbons (Fsp3) is 0.471. The Hall–Kier alpha value is -2.15. The molecule has 128 valence electrons. The van der Waals surface area contributed by atoms with Gasteiger partial charge in [0, 0.05) is 30.9 Å². The second kappa shape index (κ2) is 6.39. The van der Waals surface area contributed by atoms with Gasteiger partial charge in [0.25, 0.3) is 5.56 Å². The summed E-state index contributed by atoms with van der Waals surface area (Å²) in [5.74, 6) is 0. The van der Waals surface area contributed by atoms with E-state index in [4.69, 9.17) is 4.74 Å². The third-order valence-electron chi connectivity index (χ3n) is 3.72. The molecule has 0 atom stereocenters. The third kappa shape index (κ3) is 3.67. The average Bonchev–Trinajstić information content (AvgIpc) is 2.53. The molecule has 1 fully saturated rings. The zero-order valence-electron chi connectivity index (χ0n) is 14.1. The number of carbonyl (C=O) groups is 1. The number of fused-ring (bicyclic) bond motifs is 1. The predicted molar refractivity (Wildman–Crippen MR) is 95.9 cm³/mol. The normalized spacial score (nSPS) is 15.6. The SMILES string of the molecule is CC(C)(C)OC(=O)N1CCN(c2nc(=O)c3ccccc3s2)CC1. The van der Waals surface area contributed by atoms with Crippen molar-refractivity contribution in [1.29, 1.82) is 0 Å². The van der Waals surface area contributed by atoms with Crippen LogP contribution in [0.5, 0.6) is 0 Å². The van der Waals surface area contributed by atoms with Crippen molar-refractivity contribution in [2.24, 2.45) is 0 Å². The molecule has 1 aromatic carbocycles. The molecule has 0 N–H and O–H groups in total. The summed E-state index contributed by atoms with van der Waals surface area (Å²) in [6, 6.07) is 7.49. The molecule has 3 rings (SSSR count). The van der Waals surface area contributed by atoms with Gasteiger partial charge in [0.15, 0.2) is 5.13 Å². The van der Waals surface area contributed by atoms with Crippen LogP contribution in [0.15, 0.2) is 29.1 Å². The highest BCUT2D eigenvalue weighted by molar-refractivity contribution is 7.21. The second-order valence-corrected chi connectivity index (χ2v) is 7.76. The minimum absolute atomic E-state index is 0.200. The van der Waals surface area contributed by atoms with Crippen molar-refractivity contribution in [2.45, 2.75) is 26.4 Å². The van der Waals surface area contributed by atoms with E-state index in [1.165, 1.54) is 11.3 Å². The Morgan fingerprint density at radius 2 is 1.83 bits per heavy atom. The van der Waals surface area contributed by atoms with Crippen LogP contribution in [0.4, 0.5) is 9.93 Å². The summed E-state index contributed by atoms with van der Waals surface area (Å²) in [4.78, 5) is 32.2. The van der Waals surface area contributed by atoms with Crippen molar-refractivity contribution in [3.05, 3.63) is 34.6 Å². The number of amides is 1. The van der Waals surface area contributed by atoms with E-state index in [1.807, 2.05) is 39.0 Å². The van der Waals surface area contributed by atoms with Gasteiger partial charge >= 0.3 is 6.09 Å². The molecule has 1 aliphatic rings. The van der Waals surface area contributed by atoms with Crippen LogP contribution in [0.3, 0.4) is 0 Å². The molecule has 0 saturated carbocycles. The molecule has 1 aliphatic heterocycles. The molecule has 0 bridgehead atoms. The maximum atomic E-state index is 12.2. The molecular weight excluding hydrogens is 326 g/mol. The van der Waals surface area contributed by atoms with Gasteiger partial charge in [0.2, 0.25) is 0 Å². The van der Waals surface area contributed by atoms with Gasteiger partial charge in [0.05, 0.1) is 5.39 Å². The summed E-state index contributed by atoms with van der Waals surface area (Å²) in [6.45, 7) is 7.97. The van der Waals surface area contributed by atoms with Crippen LogP contribution >= 0.6 is 11.3 Å². The van der Waals surface area contributed by atoms with E-state index in [-0.39, 0.29) is 11.7 Å². The van der Waals surface area contributed by atoms with Crippen molar-refractivity contribution in [1.82, 2.24) is 9.88 Å². The first-order chi connectivity index (χ1) is 11.3. The molecular formula is C17H21N3O3S. The van der Waals surface area contributed by atoms with Crippen LogP contribution in [0, 0.1) is 0 Å². The Morgan fingerprint density at radius 3 is 2.50 bits per heavy atom. The first-order valence-electron chi connectivity index (χ1n) is 7.96. The fourth-order valence-electron chi connectivity index (χ4n) is 2.54. The molecule has 2 aromatic rings. The van der Waals surface area contributed by atoms with Crippen LogP contribution in [0.2, 0.25) is 0 Å².